The van der Waals surface area contributed by atoms with Gasteiger partial charge in [-0.15, -0.1) is 0 Å². The highest BCUT2D eigenvalue weighted by Crippen LogP contribution is 2.27. The predicted octanol–water partition coefficient (Wildman–Crippen LogP) is 1.90. The molecule has 17 heavy (non-hydrogen) atoms. The van der Waals surface area contributed by atoms with Gasteiger partial charge in [0.2, 0.25) is 0 Å². The monoisotopic (exact) mass is 250 g/mol. The first kappa shape index (κ1) is 14.2. The second kappa shape index (κ2) is 5.16. The van der Waals surface area contributed by atoms with E-state index < -0.39 is 23.7 Å². The van der Waals surface area contributed by atoms with E-state index >= 15 is 0 Å². The quantitative estimate of drug-likeness (QED) is 0.787. The summed E-state index contributed by atoms with van der Waals surface area (Å²) in [6, 6.07) is -1.01. The summed E-state index contributed by atoms with van der Waals surface area (Å²) in [5, 5.41) is 5.07. The molecule has 0 radical (unpaired) electrons. The van der Waals surface area contributed by atoms with Crippen molar-refractivity contribution in [1.82, 2.24) is 10.6 Å². The van der Waals surface area contributed by atoms with Crippen molar-refractivity contribution in [2.24, 2.45) is 0 Å². The first-order chi connectivity index (χ1) is 7.71. The lowest BCUT2D eigenvalue weighted by Gasteiger charge is -2.32. The molecular formula is C11H20F2N2O2. The van der Waals surface area contributed by atoms with Crippen LogP contribution in [0.1, 0.15) is 33.6 Å². The summed E-state index contributed by atoms with van der Waals surface area (Å²) in [6.07, 6.45) is -0.350. The molecule has 1 unspecified atom stereocenters. The van der Waals surface area contributed by atoms with E-state index in [9.17, 15) is 13.6 Å². The van der Waals surface area contributed by atoms with E-state index in [-0.39, 0.29) is 13.0 Å². The maximum absolute atomic E-state index is 13.4. The maximum atomic E-state index is 13.4. The molecule has 1 heterocycles. The highest BCUT2D eigenvalue weighted by Gasteiger charge is 2.41. The van der Waals surface area contributed by atoms with Crippen LogP contribution in [-0.2, 0) is 4.74 Å². The largest absolute Gasteiger partial charge is 0.444 e. The van der Waals surface area contributed by atoms with E-state index in [0.717, 1.165) is 0 Å². The molecular weight excluding hydrogens is 230 g/mol. The molecule has 6 heteroatoms. The molecule has 0 saturated carbocycles. The zero-order valence-electron chi connectivity index (χ0n) is 10.5. The minimum absolute atomic E-state index is 0.123. The smallest absolute Gasteiger partial charge is 0.407 e. The number of piperidine rings is 1. The van der Waals surface area contributed by atoms with Crippen molar-refractivity contribution in [3.05, 3.63) is 0 Å². The summed E-state index contributed by atoms with van der Waals surface area (Å²) >= 11 is 0. The van der Waals surface area contributed by atoms with Gasteiger partial charge in [-0.1, -0.05) is 0 Å². The SMILES string of the molecule is CC(C)(C)OC(=O)NCC1NCCCC1(F)F. The number of nitrogens with one attached hydrogen (secondary N) is 2. The number of halogens is 2. The summed E-state index contributed by atoms with van der Waals surface area (Å²) in [6.45, 7) is 5.60. The van der Waals surface area contributed by atoms with Crippen LogP contribution in [0.3, 0.4) is 0 Å². The fourth-order valence-corrected chi connectivity index (χ4v) is 1.64. The highest BCUT2D eigenvalue weighted by molar-refractivity contribution is 5.67. The molecule has 1 aliphatic heterocycles. The minimum Gasteiger partial charge on any atom is -0.444 e. The van der Waals surface area contributed by atoms with Crippen LogP contribution in [0, 0.1) is 0 Å². The van der Waals surface area contributed by atoms with Gasteiger partial charge < -0.3 is 15.4 Å². The average molecular weight is 250 g/mol. The van der Waals surface area contributed by atoms with Crippen LogP contribution in [0.15, 0.2) is 0 Å². The minimum atomic E-state index is -2.77. The van der Waals surface area contributed by atoms with E-state index in [1.807, 2.05) is 0 Å². The zero-order valence-corrected chi connectivity index (χ0v) is 10.5. The third-order valence-electron chi connectivity index (χ3n) is 2.44. The summed E-state index contributed by atoms with van der Waals surface area (Å²) in [5.74, 6) is -2.77. The molecule has 1 amide bonds. The number of carbonyl (C=O) groups excluding carboxylic acids is 1. The van der Waals surface area contributed by atoms with Crippen LogP contribution >= 0.6 is 0 Å². The number of amides is 1. The second-order valence-corrected chi connectivity index (χ2v) is 5.25. The van der Waals surface area contributed by atoms with Crippen molar-refractivity contribution >= 4 is 6.09 Å². The number of carbonyl (C=O) groups is 1. The lowest BCUT2D eigenvalue weighted by molar-refractivity contribution is -0.0597. The number of ether oxygens (including phenoxy) is 1. The molecule has 1 fully saturated rings. The first-order valence-corrected chi connectivity index (χ1v) is 5.79. The Labute approximate surface area is 100 Å². The lowest BCUT2D eigenvalue weighted by atomic mass is 10.0. The summed E-state index contributed by atoms with van der Waals surface area (Å²) in [5.41, 5.74) is -0.618. The fourth-order valence-electron chi connectivity index (χ4n) is 1.64. The zero-order chi connectivity index (χ0) is 13.1. The summed E-state index contributed by atoms with van der Waals surface area (Å²) in [4.78, 5) is 11.3. The van der Waals surface area contributed by atoms with Crippen LogP contribution in [0.5, 0.6) is 0 Å². The molecule has 0 aromatic heterocycles. The Hall–Kier alpha value is -0.910. The van der Waals surface area contributed by atoms with Gasteiger partial charge in [0.15, 0.2) is 0 Å². The fraction of sp³-hybridized carbons (Fsp3) is 0.909. The molecule has 4 nitrogen and oxygen atoms in total. The molecule has 100 valence electrons. The third kappa shape index (κ3) is 4.85. The van der Waals surface area contributed by atoms with E-state index in [2.05, 4.69) is 10.6 Å². The van der Waals surface area contributed by atoms with Crippen LogP contribution in [0.4, 0.5) is 13.6 Å². The van der Waals surface area contributed by atoms with Crippen LogP contribution in [0.2, 0.25) is 0 Å². The topological polar surface area (TPSA) is 50.4 Å². The van der Waals surface area contributed by atoms with Crippen molar-refractivity contribution in [3.8, 4) is 0 Å². The van der Waals surface area contributed by atoms with Crippen molar-refractivity contribution < 1.29 is 18.3 Å². The van der Waals surface area contributed by atoms with E-state index in [1.54, 1.807) is 20.8 Å². The Morgan fingerprint density at radius 1 is 1.53 bits per heavy atom. The third-order valence-corrected chi connectivity index (χ3v) is 2.44. The van der Waals surface area contributed by atoms with Gasteiger partial charge in [-0.2, -0.15) is 0 Å². The van der Waals surface area contributed by atoms with Crippen molar-refractivity contribution in [3.63, 3.8) is 0 Å². The molecule has 1 saturated heterocycles. The Morgan fingerprint density at radius 3 is 2.71 bits per heavy atom. The van der Waals surface area contributed by atoms with Gasteiger partial charge in [0.25, 0.3) is 5.92 Å². The Balaban J connectivity index is 2.37. The molecule has 1 atom stereocenters. The normalized spacial score (nSPS) is 24.2. The standard InChI is InChI=1S/C11H20F2N2O2/c1-10(2,3)17-9(16)15-7-8-11(12,13)5-4-6-14-8/h8,14H,4-7H2,1-3H3,(H,15,16). The van der Waals surface area contributed by atoms with Crippen molar-refractivity contribution in [2.75, 3.05) is 13.1 Å². The molecule has 0 spiro atoms. The first-order valence-electron chi connectivity index (χ1n) is 5.79. The van der Waals surface area contributed by atoms with Crippen LogP contribution in [-0.4, -0.2) is 36.7 Å². The van der Waals surface area contributed by atoms with Crippen LogP contribution < -0.4 is 10.6 Å². The van der Waals surface area contributed by atoms with Gasteiger partial charge in [0, 0.05) is 13.0 Å². The maximum Gasteiger partial charge on any atom is 0.407 e. The number of rotatable bonds is 2. The van der Waals surface area contributed by atoms with E-state index in [0.29, 0.717) is 13.0 Å². The molecule has 0 bridgehead atoms. The number of alkyl carbamates (subject to hydrolysis) is 1. The Bertz CT molecular complexity index is 277. The Kier molecular flexibility index (Phi) is 4.30. The van der Waals surface area contributed by atoms with Crippen LogP contribution in [0.25, 0.3) is 0 Å². The molecule has 1 rings (SSSR count). The van der Waals surface area contributed by atoms with Gasteiger partial charge in [0.1, 0.15) is 5.60 Å². The highest BCUT2D eigenvalue weighted by atomic mass is 19.3. The van der Waals surface area contributed by atoms with Gasteiger partial charge in [-0.3, -0.25) is 0 Å². The number of hydrogen-bond donors (Lipinski definition) is 2. The van der Waals surface area contributed by atoms with E-state index in [1.165, 1.54) is 0 Å². The van der Waals surface area contributed by atoms with Crippen molar-refractivity contribution in [2.45, 2.75) is 51.2 Å². The molecule has 2 N–H and O–H groups in total. The number of hydrogen-bond acceptors (Lipinski definition) is 3. The molecule has 0 aromatic carbocycles. The van der Waals surface area contributed by atoms with E-state index in [4.69, 9.17) is 4.74 Å². The molecule has 1 aliphatic rings. The van der Waals surface area contributed by atoms with Gasteiger partial charge in [-0.05, 0) is 33.7 Å². The second-order valence-electron chi connectivity index (χ2n) is 5.25. The summed E-state index contributed by atoms with van der Waals surface area (Å²) in [7, 11) is 0. The predicted molar refractivity (Wildman–Crippen MR) is 60.2 cm³/mol. The van der Waals surface area contributed by atoms with Gasteiger partial charge in [-0.25, -0.2) is 13.6 Å². The summed E-state index contributed by atoms with van der Waals surface area (Å²) < 4.78 is 31.8. The number of alkyl halides is 2. The van der Waals surface area contributed by atoms with Crippen molar-refractivity contribution in [1.29, 1.82) is 0 Å². The van der Waals surface area contributed by atoms with Gasteiger partial charge >= 0.3 is 6.09 Å². The van der Waals surface area contributed by atoms with Gasteiger partial charge in [0.05, 0.1) is 6.04 Å². The average Bonchev–Trinajstić information content (AvgIpc) is 2.12. The Morgan fingerprint density at radius 2 is 2.18 bits per heavy atom. The lowest BCUT2D eigenvalue weighted by Crippen LogP contribution is -2.55. The molecule has 0 aliphatic carbocycles. The molecule has 0 aromatic rings.